The first kappa shape index (κ1) is 8.98. The van der Waals surface area contributed by atoms with Crippen molar-refractivity contribution in [2.75, 3.05) is 19.8 Å². The molecule has 0 aliphatic carbocycles. The Bertz CT molecular complexity index is 212. The SMILES string of the molecule is N#CCC(=O)N1CC[C@H](CF)C1. The standard InChI is InChI=1S/C8H11FN2O/c9-5-7-2-4-11(6-7)8(12)1-3-10/h7H,1-2,4-6H2/t7-/m1/s1. The van der Waals surface area contributed by atoms with E-state index in [1.54, 1.807) is 11.0 Å². The summed E-state index contributed by atoms with van der Waals surface area (Å²) in [6.45, 7) is 0.725. The fourth-order valence-electron chi connectivity index (χ4n) is 1.36. The summed E-state index contributed by atoms with van der Waals surface area (Å²) in [5, 5.41) is 8.25. The monoisotopic (exact) mass is 170 g/mol. The van der Waals surface area contributed by atoms with Crippen molar-refractivity contribution in [1.29, 1.82) is 5.26 Å². The summed E-state index contributed by atoms with van der Waals surface area (Å²) >= 11 is 0. The van der Waals surface area contributed by atoms with Gasteiger partial charge < -0.3 is 4.90 Å². The van der Waals surface area contributed by atoms with Gasteiger partial charge in [-0.2, -0.15) is 5.26 Å². The molecule has 0 bridgehead atoms. The zero-order chi connectivity index (χ0) is 8.97. The molecule has 3 nitrogen and oxygen atoms in total. The molecule has 1 amide bonds. The average Bonchev–Trinajstić information content (AvgIpc) is 2.52. The Morgan fingerprint density at radius 3 is 3.00 bits per heavy atom. The third kappa shape index (κ3) is 1.94. The maximum absolute atomic E-state index is 12.1. The van der Waals surface area contributed by atoms with Crippen LogP contribution in [0.3, 0.4) is 0 Å². The van der Waals surface area contributed by atoms with Gasteiger partial charge in [0.15, 0.2) is 0 Å². The van der Waals surface area contributed by atoms with E-state index in [2.05, 4.69) is 0 Å². The number of hydrogen-bond donors (Lipinski definition) is 0. The first-order valence-electron chi connectivity index (χ1n) is 3.98. The van der Waals surface area contributed by atoms with Crippen molar-refractivity contribution in [2.24, 2.45) is 5.92 Å². The molecule has 0 spiro atoms. The van der Waals surface area contributed by atoms with E-state index < -0.39 is 0 Å². The summed E-state index contributed by atoms with van der Waals surface area (Å²) in [5.41, 5.74) is 0. The summed E-state index contributed by atoms with van der Waals surface area (Å²) < 4.78 is 12.1. The molecule has 0 radical (unpaired) electrons. The number of hydrogen-bond acceptors (Lipinski definition) is 2. The quantitative estimate of drug-likeness (QED) is 0.612. The van der Waals surface area contributed by atoms with Gasteiger partial charge in [-0.05, 0) is 6.42 Å². The molecule has 0 aromatic rings. The van der Waals surface area contributed by atoms with E-state index in [-0.39, 0.29) is 24.9 Å². The maximum atomic E-state index is 12.1. The Morgan fingerprint density at radius 2 is 2.50 bits per heavy atom. The average molecular weight is 170 g/mol. The van der Waals surface area contributed by atoms with Crippen LogP contribution >= 0.6 is 0 Å². The molecule has 1 aliphatic rings. The predicted octanol–water partition coefficient (Wildman–Crippen LogP) is 0.718. The predicted molar refractivity (Wildman–Crippen MR) is 40.9 cm³/mol. The lowest BCUT2D eigenvalue weighted by Crippen LogP contribution is -2.28. The van der Waals surface area contributed by atoms with Crippen LogP contribution in [0.25, 0.3) is 0 Å². The first-order valence-corrected chi connectivity index (χ1v) is 3.98. The van der Waals surface area contributed by atoms with Crippen LogP contribution in [0.2, 0.25) is 0 Å². The van der Waals surface area contributed by atoms with Gasteiger partial charge in [0.1, 0.15) is 6.42 Å². The third-order valence-electron chi connectivity index (χ3n) is 2.09. The summed E-state index contributed by atoms with van der Waals surface area (Å²) in [6, 6.07) is 1.79. The first-order chi connectivity index (χ1) is 5.77. The number of nitriles is 1. The Balaban J connectivity index is 2.37. The van der Waals surface area contributed by atoms with Crippen LogP contribution in [0.4, 0.5) is 4.39 Å². The van der Waals surface area contributed by atoms with Gasteiger partial charge in [0.25, 0.3) is 0 Å². The second-order valence-electron chi connectivity index (χ2n) is 2.98. The molecule has 66 valence electrons. The maximum Gasteiger partial charge on any atom is 0.236 e. The lowest BCUT2D eigenvalue weighted by atomic mass is 10.1. The van der Waals surface area contributed by atoms with Crippen LogP contribution in [-0.4, -0.2) is 30.6 Å². The van der Waals surface area contributed by atoms with E-state index >= 15 is 0 Å². The van der Waals surface area contributed by atoms with Gasteiger partial charge in [-0.25, -0.2) is 0 Å². The van der Waals surface area contributed by atoms with Crippen molar-refractivity contribution in [3.63, 3.8) is 0 Å². The number of halogens is 1. The highest BCUT2D eigenvalue weighted by Gasteiger charge is 2.25. The molecule has 1 heterocycles. The highest BCUT2D eigenvalue weighted by atomic mass is 19.1. The molecule has 1 saturated heterocycles. The van der Waals surface area contributed by atoms with Gasteiger partial charge in [-0.1, -0.05) is 0 Å². The summed E-state index contributed by atoms with van der Waals surface area (Å²) in [6.07, 6.45) is 0.646. The van der Waals surface area contributed by atoms with E-state index in [9.17, 15) is 9.18 Å². The zero-order valence-electron chi connectivity index (χ0n) is 6.79. The van der Waals surface area contributed by atoms with Gasteiger partial charge in [0.05, 0.1) is 12.7 Å². The normalized spacial score (nSPS) is 22.3. The van der Waals surface area contributed by atoms with Crippen LogP contribution in [0.5, 0.6) is 0 Å². The number of likely N-dealkylation sites (tertiary alicyclic amines) is 1. The van der Waals surface area contributed by atoms with Gasteiger partial charge in [-0.15, -0.1) is 0 Å². The van der Waals surface area contributed by atoms with E-state index in [4.69, 9.17) is 5.26 Å². The van der Waals surface area contributed by atoms with Crippen molar-refractivity contribution in [3.05, 3.63) is 0 Å². The smallest absolute Gasteiger partial charge is 0.236 e. The summed E-state index contributed by atoms with van der Waals surface area (Å²) in [7, 11) is 0. The van der Waals surface area contributed by atoms with Crippen molar-refractivity contribution in [2.45, 2.75) is 12.8 Å². The second-order valence-corrected chi connectivity index (χ2v) is 2.98. The van der Waals surface area contributed by atoms with E-state index in [0.717, 1.165) is 6.42 Å². The Morgan fingerprint density at radius 1 is 1.75 bits per heavy atom. The minimum Gasteiger partial charge on any atom is -0.341 e. The molecule has 0 unspecified atom stereocenters. The van der Waals surface area contributed by atoms with Crippen molar-refractivity contribution >= 4 is 5.91 Å². The number of nitrogens with zero attached hydrogens (tertiary/aromatic N) is 2. The largest absolute Gasteiger partial charge is 0.341 e. The topological polar surface area (TPSA) is 44.1 Å². The lowest BCUT2D eigenvalue weighted by Gasteiger charge is -2.13. The van der Waals surface area contributed by atoms with E-state index in [0.29, 0.717) is 13.1 Å². The molecule has 1 aliphatic heterocycles. The Kier molecular flexibility index (Phi) is 3.03. The Hall–Kier alpha value is -1.11. The lowest BCUT2D eigenvalue weighted by molar-refractivity contribution is -0.129. The zero-order valence-corrected chi connectivity index (χ0v) is 6.79. The molecule has 1 atom stereocenters. The number of amides is 1. The van der Waals surface area contributed by atoms with Gasteiger partial charge >= 0.3 is 0 Å². The Labute approximate surface area is 70.8 Å². The molecule has 1 rings (SSSR count). The van der Waals surface area contributed by atoms with E-state index in [1.165, 1.54) is 0 Å². The molecule has 4 heteroatoms. The van der Waals surface area contributed by atoms with Crippen LogP contribution in [0, 0.1) is 17.2 Å². The molecular formula is C8H11FN2O. The third-order valence-corrected chi connectivity index (χ3v) is 2.09. The van der Waals surface area contributed by atoms with Crippen molar-refractivity contribution in [1.82, 2.24) is 4.90 Å². The summed E-state index contributed by atoms with van der Waals surface area (Å²) in [4.78, 5) is 12.7. The molecule has 1 fully saturated rings. The highest BCUT2D eigenvalue weighted by molar-refractivity contribution is 5.78. The number of alkyl halides is 1. The molecular weight excluding hydrogens is 159 g/mol. The van der Waals surface area contributed by atoms with Crippen LogP contribution in [0.1, 0.15) is 12.8 Å². The van der Waals surface area contributed by atoms with Crippen molar-refractivity contribution < 1.29 is 9.18 Å². The summed E-state index contributed by atoms with van der Waals surface area (Å²) in [5.74, 6) is -0.180. The number of rotatable bonds is 2. The van der Waals surface area contributed by atoms with Gasteiger partial charge in [0.2, 0.25) is 5.91 Å². The molecule has 12 heavy (non-hydrogen) atoms. The molecule has 0 saturated carbocycles. The minimum atomic E-state index is -0.365. The minimum absolute atomic E-state index is 0.00681. The van der Waals surface area contributed by atoms with E-state index in [1.807, 2.05) is 0 Å². The highest BCUT2D eigenvalue weighted by Crippen LogP contribution is 2.16. The van der Waals surface area contributed by atoms with Gasteiger partial charge in [-0.3, -0.25) is 9.18 Å². The molecule has 0 aromatic heterocycles. The van der Waals surface area contributed by atoms with Crippen LogP contribution in [0.15, 0.2) is 0 Å². The van der Waals surface area contributed by atoms with Crippen LogP contribution < -0.4 is 0 Å². The molecule has 0 aromatic carbocycles. The fraction of sp³-hybridized carbons (Fsp3) is 0.750. The van der Waals surface area contributed by atoms with Gasteiger partial charge in [0, 0.05) is 19.0 Å². The molecule has 0 N–H and O–H groups in total. The number of carbonyl (C=O) groups is 1. The van der Waals surface area contributed by atoms with Crippen LogP contribution in [-0.2, 0) is 4.79 Å². The fourth-order valence-corrected chi connectivity index (χ4v) is 1.36. The number of carbonyl (C=O) groups excluding carboxylic acids is 1. The second kappa shape index (κ2) is 4.05. The van der Waals surface area contributed by atoms with Crippen molar-refractivity contribution in [3.8, 4) is 6.07 Å².